The third-order valence-electron chi connectivity index (χ3n) is 4.91. The monoisotopic (exact) mass is 412 g/mol. The number of hydrogen-bond acceptors (Lipinski definition) is 6. The Morgan fingerprint density at radius 2 is 2.03 bits per heavy atom. The lowest BCUT2D eigenvalue weighted by Gasteiger charge is -2.31. The Balaban J connectivity index is 1.48. The minimum atomic E-state index is -0.488. The number of likely N-dealkylation sites (tertiary alicyclic amines) is 1. The predicted molar refractivity (Wildman–Crippen MR) is 106 cm³/mol. The molecule has 4 rings (SSSR count). The number of halogens is 1. The van der Waals surface area contributed by atoms with Gasteiger partial charge in [0.1, 0.15) is 0 Å². The van der Waals surface area contributed by atoms with Gasteiger partial charge in [-0.15, -0.1) is 0 Å². The molecule has 0 aliphatic carbocycles. The van der Waals surface area contributed by atoms with Gasteiger partial charge in [-0.3, -0.25) is 14.9 Å². The first kappa shape index (κ1) is 19.1. The van der Waals surface area contributed by atoms with E-state index in [1.165, 1.54) is 24.3 Å². The standard InChI is InChI=1S/C20H17ClN4O4/c21-16-5-1-3-14(11-16)18-22-19(29-23-18)15-4-2-10-24(12-15)20(26)13-6-8-17(9-7-13)25(27)28/h1,3,5-9,11,15H,2,4,10,12H2/t15-/m0/s1. The lowest BCUT2D eigenvalue weighted by molar-refractivity contribution is -0.384. The van der Waals surface area contributed by atoms with Crippen LogP contribution in [0.25, 0.3) is 11.4 Å². The van der Waals surface area contributed by atoms with Crippen LogP contribution in [0, 0.1) is 10.1 Å². The van der Waals surface area contributed by atoms with E-state index in [1.807, 2.05) is 12.1 Å². The van der Waals surface area contributed by atoms with Gasteiger partial charge in [0.05, 0.1) is 10.8 Å². The Bertz CT molecular complexity index is 1050. The fourth-order valence-electron chi connectivity index (χ4n) is 3.42. The Labute approximate surface area is 171 Å². The van der Waals surface area contributed by atoms with Gasteiger partial charge in [0.15, 0.2) is 0 Å². The van der Waals surface area contributed by atoms with E-state index in [9.17, 15) is 14.9 Å². The molecule has 3 aromatic rings. The third-order valence-corrected chi connectivity index (χ3v) is 5.14. The van der Waals surface area contributed by atoms with Crippen LogP contribution in [-0.2, 0) is 0 Å². The Hall–Kier alpha value is -3.26. The van der Waals surface area contributed by atoms with Crippen LogP contribution in [0.4, 0.5) is 5.69 Å². The van der Waals surface area contributed by atoms with Gasteiger partial charge in [-0.1, -0.05) is 28.9 Å². The molecule has 8 nitrogen and oxygen atoms in total. The van der Waals surface area contributed by atoms with Crippen molar-refractivity contribution in [1.82, 2.24) is 15.0 Å². The fraction of sp³-hybridized carbons (Fsp3) is 0.250. The summed E-state index contributed by atoms with van der Waals surface area (Å²) in [6, 6.07) is 12.8. The number of rotatable bonds is 4. The topological polar surface area (TPSA) is 102 Å². The average Bonchev–Trinajstić information content (AvgIpc) is 3.24. The smallest absolute Gasteiger partial charge is 0.269 e. The summed E-state index contributed by atoms with van der Waals surface area (Å²) in [7, 11) is 0. The van der Waals surface area contributed by atoms with Crippen LogP contribution >= 0.6 is 11.6 Å². The zero-order chi connectivity index (χ0) is 20.4. The van der Waals surface area contributed by atoms with Crippen molar-refractivity contribution in [2.75, 3.05) is 13.1 Å². The van der Waals surface area contributed by atoms with Crippen molar-refractivity contribution < 1.29 is 14.2 Å². The molecule has 1 aromatic heterocycles. The summed E-state index contributed by atoms with van der Waals surface area (Å²) in [6.07, 6.45) is 1.64. The number of piperidine rings is 1. The van der Waals surface area contributed by atoms with Crippen LogP contribution in [0.3, 0.4) is 0 Å². The molecule has 148 valence electrons. The molecule has 0 unspecified atom stereocenters. The summed E-state index contributed by atoms with van der Waals surface area (Å²) in [4.78, 5) is 29.3. The van der Waals surface area contributed by atoms with E-state index >= 15 is 0 Å². The molecule has 0 saturated carbocycles. The molecule has 29 heavy (non-hydrogen) atoms. The van der Waals surface area contributed by atoms with Gasteiger partial charge in [0, 0.05) is 41.4 Å². The Morgan fingerprint density at radius 3 is 2.76 bits per heavy atom. The first-order valence-electron chi connectivity index (χ1n) is 9.14. The molecular weight excluding hydrogens is 396 g/mol. The molecule has 2 aromatic carbocycles. The molecule has 9 heteroatoms. The van der Waals surface area contributed by atoms with Crippen LogP contribution in [0.5, 0.6) is 0 Å². The lowest BCUT2D eigenvalue weighted by atomic mass is 9.97. The Morgan fingerprint density at radius 1 is 1.24 bits per heavy atom. The van der Waals surface area contributed by atoms with Gasteiger partial charge in [-0.05, 0) is 37.1 Å². The van der Waals surface area contributed by atoms with E-state index in [1.54, 1.807) is 17.0 Å². The second-order valence-electron chi connectivity index (χ2n) is 6.86. The number of carbonyl (C=O) groups is 1. The summed E-state index contributed by atoms with van der Waals surface area (Å²) in [5, 5.41) is 15.4. The molecule has 1 amide bonds. The number of amides is 1. The van der Waals surface area contributed by atoms with Crippen molar-refractivity contribution in [3.63, 3.8) is 0 Å². The second kappa shape index (κ2) is 8.00. The molecule has 1 atom stereocenters. The highest BCUT2D eigenvalue weighted by atomic mass is 35.5. The number of aromatic nitrogens is 2. The molecular formula is C20H17ClN4O4. The SMILES string of the molecule is O=C(c1ccc([N+](=O)[O-])cc1)N1CCC[C@H](c2nc(-c3cccc(Cl)c3)no2)C1. The van der Waals surface area contributed by atoms with E-state index in [2.05, 4.69) is 10.1 Å². The van der Waals surface area contributed by atoms with Crippen LogP contribution in [0.1, 0.15) is 35.0 Å². The lowest BCUT2D eigenvalue weighted by Crippen LogP contribution is -2.39. The summed E-state index contributed by atoms with van der Waals surface area (Å²) in [5.74, 6) is 0.716. The van der Waals surface area contributed by atoms with Crippen molar-refractivity contribution >= 4 is 23.2 Å². The number of nitro benzene ring substituents is 1. The quantitative estimate of drug-likeness (QED) is 0.467. The summed E-state index contributed by atoms with van der Waals surface area (Å²) in [6.45, 7) is 1.06. The van der Waals surface area contributed by atoms with Crippen LogP contribution in [0.15, 0.2) is 53.1 Å². The van der Waals surface area contributed by atoms with E-state index in [4.69, 9.17) is 16.1 Å². The van der Waals surface area contributed by atoms with Crippen LogP contribution in [0.2, 0.25) is 5.02 Å². The van der Waals surface area contributed by atoms with Crippen molar-refractivity contribution in [1.29, 1.82) is 0 Å². The summed E-state index contributed by atoms with van der Waals surface area (Å²) in [5.41, 5.74) is 1.14. The number of hydrogen-bond donors (Lipinski definition) is 0. The highest BCUT2D eigenvalue weighted by Gasteiger charge is 2.29. The van der Waals surface area contributed by atoms with E-state index < -0.39 is 4.92 Å². The van der Waals surface area contributed by atoms with Crippen molar-refractivity contribution in [2.45, 2.75) is 18.8 Å². The number of non-ortho nitro benzene ring substituents is 1. The molecule has 1 fully saturated rings. The minimum Gasteiger partial charge on any atom is -0.339 e. The van der Waals surface area contributed by atoms with Gasteiger partial charge >= 0.3 is 0 Å². The molecule has 1 aliphatic heterocycles. The number of nitrogens with zero attached hydrogens (tertiary/aromatic N) is 4. The van der Waals surface area contributed by atoms with Crippen molar-refractivity contribution in [2.24, 2.45) is 0 Å². The van der Waals surface area contributed by atoms with Crippen LogP contribution < -0.4 is 0 Å². The molecule has 0 N–H and O–H groups in total. The molecule has 0 bridgehead atoms. The fourth-order valence-corrected chi connectivity index (χ4v) is 3.61. The zero-order valence-corrected chi connectivity index (χ0v) is 16.1. The first-order chi connectivity index (χ1) is 14.0. The van der Waals surface area contributed by atoms with Crippen LogP contribution in [-0.4, -0.2) is 39.0 Å². The van der Waals surface area contributed by atoms with E-state index in [-0.39, 0.29) is 17.5 Å². The van der Waals surface area contributed by atoms with E-state index in [0.717, 1.165) is 18.4 Å². The third kappa shape index (κ3) is 4.12. The molecule has 2 heterocycles. The number of benzene rings is 2. The molecule has 0 radical (unpaired) electrons. The maximum absolute atomic E-state index is 12.8. The first-order valence-corrected chi connectivity index (χ1v) is 9.52. The van der Waals surface area contributed by atoms with Gasteiger partial charge in [0.2, 0.25) is 11.7 Å². The maximum Gasteiger partial charge on any atom is 0.269 e. The van der Waals surface area contributed by atoms with Crippen molar-refractivity contribution in [3.8, 4) is 11.4 Å². The average molecular weight is 413 g/mol. The highest BCUT2D eigenvalue weighted by Crippen LogP contribution is 2.29. The summed E-state index contributed by atoms with van der Waals surface area (Å²) < 4.78 is 5.46. The largest absolute Gasteiger partial charge is 0.339 e. The number of carbonyl (C=O) groups excluding carboxylic acids is 1. The van der Waals surface area contributed by atoms with Crippen molar-refractivity contribution in [3.05, 3.63) is 75.1 Å². The minimum absolute atomic E-state index is 0.0440. The van der Waals surface area contributed by atoms with Gasteiger partial charge in [-0.2, -0.15) is 4.98 Å². The zero-order valence-electron chi connectivity index (χ0n) is 15.3. The maximum atomic E-state index is 12.8. The van der Waals surface area contributed by atoms with Gasteiger partial charge in [-0.25, -0.2) is 0 Å². The highest BCUT2D eigenvalue weighted by molar-refractivity contribution is 6.30. The van der Waals surface area contributed by atoms with Gasteiger partial charge < -0.3 is 9.42 Å². The molecule has 1 saturated heterocycles. The second-order valence-corrected chi connectivity index (χ2v) is 7.30. The van der Waals surface area contributed by atoms with Gasteiger partial charge in [0.25, 0.3) is 11.6 Å². The number of nitro groups is 1. The molecule has 1 aliphatic rings. The normalized spacial score (nSPS) is 16.6. The summed E-state index contributed by atoms with van der Waals surface area (Å²) >= 11 is 6.02. The predicted octanol–water partition coefficient (Wildman–Crippen LogP) is 4.32. The van der Waals surface area contributed by atoms with E-state index in [0.29, 0.717) is 35.4 Å². The molecule has 0 spiro atoms. The Kier molecular flexibility index (Phi) is 5.26.